The van der Waals surface area contributed by atoms with E-state index in [-0.39, 0.29) is 18.4 Å². The number of hydrogen-bond donors (Lipinski definition) is 1. The van der Waals surface area contributed by atoms with Crippen LogP contribution in [-0.2, 0) is 0 Å². The van der Waals surface area contributed by atoms with E-state index in [0.29, 0.717) is 11.1 Å². The molecule has 1 unspecified atom stereocenters. The van der Waals surface area contributed by atoms with E-state index >= 15 is 0 Å². The van der Waals surface area contributed by atoms with Crippen molar-refractivity contribution in [2.75, 3.05) is 0 Å². The van der Waals surface area contributed by atoms with Gasteiger partial charge in [-0.05, 0) is 12.0 Å². The molecule has 1 aromatic rings. The third kappa shape index (κ3) is 3.12. The first-order valence-electron chi connectivity index (χ1n) is 4.52. The molecule has 0 amide bonds. The molecule has 0 aliphatic rings. The number of halogens is 2. The van der Waals surface area contributed by atoms with Crippen molar-refractivity contribution in [1.82, 2.24) is 4.98 Å². The molecule has 0 saturated carbocycles. The Morgan fingerprint density at radius 3 is 2.71 bits per heavy atom. The molecule has 1 rings (SSSR count). The van der Waals surface area contributed by atoms with Crippen molar-refractivity contribution in [2.24, 2.45) is 11.7 Å². The summed E-state index contributed by atoms with van der Waals surface area (Å²) >= 11 is 5.93. The van der Waals surface area contributed by atoms with Crippen LogP contribution in [0.1, 0.15) is 31.9 Å². The number of rotatable bonds is 3. The Morgan fingerprint density at radius 2 is 2.21 bits per heavy atom. The van der Waals surface area contributed by atoms with Gasteiger partial charge in [0.05, 0.1) is 0 Å². The Morgan fingerprint density at radius 1 is 1.57 bits per heavy atom. The Hall–Kier alpha value is -0.310. The number of pyridine rings is 1. The highest BCUT2D eigenvalue weighted by molar-refractivity contribution is 6.30. The van der Waals surface area contributed by atoms with Gasteiger partial charge in [-0.25, -0.2) is 4.98 Å². The second-order valence-electron chi connectivity index (χ2n) is 3.29. The van der Waals surface area contributed by atoms with Gasteiger partial charge in [0.2, 0.25) is 0 Å². The van der Waals surface area contributed by atoms with Crippen LogP contribution in [0.3, 0.4) is 0 Å². The molecule has 0 spiro atoms. The number of nitrogens with two attached hydrogens (primary N) is 1. The van der Waals surface area contributed by atoms with Crippen LogP contribution >= 0.6 is 24.0 Å². The Kier molecular flexibility index (Phi) is 6.09. The van der Waals surface area contributed by atoms with Gasteiger partial charge in [0.15, 0.2) is 0 Å². The molecule has 0 bridgehead atoms. The lowest BCUT2D eigenvalue weighted by Gasteiger charge is -2.18. The maximum Gasteiger partial charge on any atom is 0.133 e. The minimum atomic E-state index is -0.00815. The molecule has 0 aliphatic heterocycles. The van der Waals surface area contributed by atoms with Gasteiger partial charge < -0.3 is 5.73 Å². The second kappa shape index (κ2) is 6.23. The predicted molar refractivity (Wildman–Crippen MR) is 62.9 cm³/mol. The summed E-state index contributed by atoms with van der Waals surface area (Å²) in [4.78, 5) is 4.00. The van der Waals surface area contributed by atoms with E-state index in [1.165, 1.54) is 0 Å². The van der Waals surface area contributed by atoms with Gasteiger partial charge in [-0.1, -0.05) is 37.9 Å². The van der Waals surface area contributed by atoms with E-state index in [1.54, 1.807) is 6.20 Å². The summed E-state index contributed by atoms with van der Waals surface area (Å²) in [5.74, 6) is 0.432. The predicted octanol–water partition coefficient (Wildman–Crippen LogP) is 3.20. The van der Waals surface area contributed by atoms with Crippen LogP contribution in [0.4, 0.5) is 0 Å². The van der Waals surface area contributed by atoms with Crippen LogP contribution in [0.15, 0.2) is 18.3 Å². The number of hydrogen-bond acceptors (Lipinski definition) is 2. The Balaban J connectivity index is 0.00000169. The van der Waals surface area contributed by atoms with Gasteiger partial charge >= 0.3 is 0 Å². The molecule has 80 valence electrons. The largest absolute Gasteiger partial charge is 0.324 e. The van der Waals surface area contributed by atoms with E-state index in [4.69, 9.17) is 17.3 Å². The van der Waals surface area contributed by atoms with E-state index in [1.807, 2.05) is 12.1 Å². The highest BCUT2D eigenvalue weighted by Crippen LogP contribution is 2.25. The normalized spacial score (nSPS) is 14.3. The lowest BCUT2D eigenvalue weighted by molar-refractivity contribution is 0.456. The molecule has 2 nitrogen and oxygen atoms in total. The van der Waals surface area contributed by atoms with Crippen molar-refractivity contribution in [2.45, 2.75) is 26.3 Å². The summed E-state index contributed by atoms with van der Waals surface area (Å²) in [6, 6.07) is 3.79. The van der Waals surface area contributed by atoms with E-state index < -0.39 is 0 Å². The molecule has 14 heavy (non-hydrogen) atoms. The highest BCUT2D eigenvalue weighted by Gasteiger charge is 2.15. The summed E-state index contributed by atoms with van der Waals surface area (Å²) in [6.45, 7) is 4.24. The summed E-state index contributed by atoms with van der Waals surface area (Å²) < 4.78 is 0. The molecule has 0 radical (unpaired) electrons. The van der Waals surface area contributed by atoms with Crippen molar-refractivity contribution in [1.29, 1.82) is 0 Å². The first kappa shape index (κ1) is 13.7. The zero-order valence-electron chi connectivity index (χ0n) is 8.40. The highest BCUT2D eigenvalue weighted by atomic mass is 35.5. The zero-order valence-corrected chi connectivity index (χ0v) is 9.98. The Bertz CT molecular complexity index is 279. The zero-order chi connectivity index (χ0) is 9.84. The lowest BCUT2D eigenvalue weighted by Crippen LogP contribution is -2.19. The lowest BCUT2D eigenvalue weighted by atomic mass is 9.94. The molecule has 0 aromatic carbocycles. The summed E-state index contributed by atoms with van der Waals surface area (Å²) in [5.41, 5.74) is 6.97. The molecule has 0 aliphatic carbocycles. The monoisotopic (exact) mass is 234 g/mol. The van der Waals surface area contributed by atoms with Gasteiger partial charge in [0.1, 0.15) is 5.15 Å². The summed E-state index contributed by atoms with van der Waals surface area (Å²) in [7, 11) is 0. The standard InChI is InChI=1S/C10H15ClN2.ClH/c1-3-7(2)9(12)8-5-4-6-13-10(8)11;/h4-7,9H,3,12H2,1-2H3;1H/t7?,9-;/m1./s1. The topological polar surface area (TPSA) is 38.9 Å². The maximum atomic E-state index is 6.03. The van der Waals surface area contributed by atoms with Crippen molar-refractivity contribution in [3.8, 4) is 0 Å². The summed E-state index contributed by atoms with van der Waals surface area (Å²) in [6.07, 6.45) is 2.72. The average molecular weight is 235 g/mol. The molecule has 1 heterocycles. The van der Waals surface area contributed by atoms with Crippen LogP contribution in [0.2, 0.25) is 5.15 Å². The van der Waals surface area contributed by atoms with Gasteiger partial charge in [-0.3, -0.25) is 0 Å². The fourth-order valence-corrected chi connectivity index (χ4v) is 1.45. The number of aromatic nitrogens is 1. The van der Waals surface area contributed by atoms with E-state index in [0.717, 1.165) is 12.0 Å². The molecular weight excluding hydrogens is 219 g/mol. The first-order valence-corrected chi connectivity index (χ1v) is 4.90. The molecule has 4 heteroatoms. The fourth-order valence-electron chi connectivity index (χ4n) is 1.21. The quantitative estimate of drug-likeness (QED) is 0.817. The van der Waals surface area contributed by atoms with Crippen LogP contribution in [0.25, 0.3) is 0 Å². The van der Waals surface area contributed by atoms with Crippen LogP contribution < -0.4 is 5.73 Å². The van der Waals surface area contributed by atoms with Crippen LogP contribution in [0, 0.1) is 5.92 Å². The van der Waals surface area contributed by atoms with Crippen molar-refractivity contribution >= 4 is 24.0 Å². The third-order valence-corrected chi connectivity index (χ3v) is 2.72. The minimum absolute atomic E-state index is 0. The van der Waals surface area contributed by atoms with Gasteiger partial charge in [-0.2, -0.15) is 0 Å². The van der Waals surface area contributed by atoms with Gasteiger partial charge in [0, 0.05) is 17.8 Å². The number of nitrogens with zero attached hydrogens (tertiary/aromatic N) is 1. The minimum Gasteiger partial charge on any atom is -0.324 e. The van der Waals surface area contributed by atoms with Crippen molar-refractivity contribution < 1.29 is 0 Å². The summed E-state index contributed by atoms with van der Waals surface area (Å²) in [5, 5.41) is 0.523. The van der Waals surface area contributed by atoms with Gasteiger partial charge in [-0.15, -0.1) is 12.4 Å². The van der Waals surface area contributed by atoms with E-state index in [2.05, 4.69) is 18.8 Å². The third-order valence-electron chi connectivity index (χ3n) is 2.40. The van der Waals surface area contributed by atoms with Crippen molar-refractivity contribution in [3.63, 3.8) is 0 Å². The van der Waals surface area contributed by atoms with E-state index in [9.17, 15) is 0 Å². The first-order chi connectivity index (χ1) is 6.16. The Labute approximate surface area is 96.3 Å². The van der Waals surface area contributed by atoms with Crippen LogP contribution in [-0.4, -0.2) is 4.98 Å². The second-order valence-corrected chi connectivity index (χ2v) is 3.65. The molecule has 2 atom stereocenters. The maximum absolute atomic E-state index is 6.03. The SMILES string of the molecule is CCC(C)[C@@H](N)c1cccnc1Cl.Cl. The molecule has 0 fully saturated rings. The molecule has 2 N–H and O–H groups in total. The smallest absolute Gasteiger partial charge is 0.133 e. The molecule has 0 saturated heterocycles. The molecule has 1 aromatic heterocycles. The fraction of sp³-hybridized carbons (Fsp3) is 0.500. The average Bonchev–Trinajstić information content (AvgIpc) is 2.16. The van der Waals surface area contributed by atoms with Crippen LogP contribution in [0.5, 0.6) is 0 Å². The van der Waals surface area contributed by atoms with Crippen molar-refractivity contribution in [3.05, 3.63) is 29.0 Å². The van der Waals surface area contributed by atoms with Gasteiger partial charge in [0.25, 0.3) is 0 Å². The molecular formula is C10H16Cl2N2.